The normalized spacial score (nSPS) is 15.4. The molecular formula is C18H20NO3P. The summed E-state index contributed by atoms with van der Waals surface area (Å²) in [5.74, 6) is 0. The summed E-state index contributed by atoms with van der Waals surface area (Å²) in [6, 6.07) is 19.8. The van der Waals surface area contributed by atoms with Gasteiger partial charge in [-0.1, -0.05) is 60.7 Å². The van der Waals surface area contributed by atoms with Crippen molar-refractivity contribution in [1.82, 2.24) is 0 Å². The standard InChI is InChI=1S/C18H20NO3P/c1-18(21,17(20)12-13-19)14-23(22,15-8-4-2-5-9-15)16-10-6-3-7-11-16/h2-11,17,20-21H,12,14H2,1H3/t17-,18-/m0/s1. The Labute approximate surface area is 136 Å². The van der Waals surface area contributed by atoms with Gasteiger partial charge in [0.15, 0.2) is 0 Å². The minimum absolute atomic E-state index is 0.128. The maximum absolute atomic E-state index is 13.8. The van der Waals surface area contributed by atoms with E-state index in [0.717, 1.165) is 0 Å². The number of rotatable bonds is 6. The summed E-state index contributed by atoms with van der Waals surface area (Å²) in [5, 5.41) is 30.6. The molecule has 0 unspecified atom stereocenters. The lowest BCUT2D eigenvalue weighted by Gasteiger charge is -2.32. The zero-order valence-electron chi connectivity index (χ0n) is 13.0. The van der Waals surface area contributed by atoms with E-state index in [9.17, 15) is 14.8 Å². The zero-order valence-corrected chi connectivity index (χ0v) is 13.9. The van der Waals surface area contributed by atoms with E-state index in [1.165, 1.54) is 6.92 Å². The Morgan fingerprint density at radius 2 is 1.52 bits per heavy atom. The predicted octanol–water partition coefficient (Wildman–Crippen LogP) is 2.03. The maximum Gasteiger partial charge on any atom is 0.146 e. The first-order valence-electron chi connectivity index (χ1n) is 7.38. The SMILES string of the molecule is C[C@](O)(CP(=O)(c1ccccc1)c1ccccc1)[C@@H](O)CC#N. The van der Waals surface area contributed by atoms with Crippen LogP contribution in [0.3, 0.4) is 0 Å². The molecule has 0 aliphatic rings. The zero-order chi connectivity index (χ0) is 16.9. The van der Waals surface area contributed by atoms with Crippen LogP contribution in [0.25, 0.3) is 0 Å². The molecule has 4 nitrogen and oxygen atoms in total. The lowest BCUT2D eigenvalue weighted by Crippen LogP contribution is -2.44. The topological polar surface area (TPSA) is 81.3 Å². The van der Waals surface area contributed by atoms with Crippen molar-refractivity contribution in [1.29, 1.82) is 5.26 Å². The van der Waals surface area contributed by atoms with Gasteiger partial charge in [0.1, 0.15) is 7.14 Å². The van der Waals surface area contributed by atoms with E-state index in [0.29, 0.717) is 10.6 Å². The van der Waals surface area contributed by atoms with Crippen molar-refractivity contribution in [3.63, 3.8) is 0 Å². The summed E-state index contributed by atoms with van der Waals surface area (Å²) in [6.45, 7) is 1.42. The maximum atomic E-state index is 13.8. The second-order valence-corrected chi connectivity index (χ2v) is 8.63. The molecule has 2 atom stereocenters. The Bertz CT molecular complexity index is 679. The Hall–Kier alpha value is -1.92. The minimum atomic E-state index is -3.14. The van der Waals surface area contributed by atoms with Crippen LogP contribution in [0.4, 0.5) is 0 Å². The van der Waals surface area contributed by atoms with Gasteiger partial charge in [-0.05, 0) is 6.92 Å². The van der Waals surface area contributed by atoms with E-state index in [4.69, 9.17) is 5.26 Å². The van der Waals surface area contributed by atoms with Gasteiger partial charge in [0.2, 0.25) is 0 Å². The molecule has 0 bridgehead atoms. The van der Waals surface area contributed by atoms with E-state index in [2.05, 4.69) is 0 Å². The Kier molecular flexibility index (Phi) is 5.38. The van der Waals surface area contributed by atoms with Crippen molar-refractivity contribution in [2.75, 3.05) is 6.16 Å². The number of aliphatic hydroxyl groups is 2. The van der Waals surface area contributed by atoms with Crippen LogP contribution < -0.4 is 10.6 Å². The summed E-state index contributed by atoms with van der Waals surface area (Å²) < 4.78 is 13.8. The molecule has 2 aromatic carbocycles. The molecule has 0 radical (unpaired) electrons. The minimum Gasteiger partial charge on any atom is -0.389 e. The van der Waals surface area contributed by atoms with Gasteiger partial charge >= 0.3 is 0 Å². The van der Waals surface area contributed by atoms with Gasteiger partial charge in [0, 0.05) is 16.8 Å². The average molecular weight is 329 g/mol. The smallest absolute Gasteiger partial charge is 0.146 e. The third kappa shape index (κ3) is 3.89. The van der Waals surface area contributed by atoms with Gasteiger partial charge in [-0.15, -0.1) is 0 Å². The third-order valence-electron chi connectivity index (χ3n) is 3.89. The summed E-state index contributed by atoms with van der Waals surface area (Å²) >= 11 is 0. The van der Waals surface area contributed by atoms with Crippen LogP contribution in [0, 0.1) is 11.3 Å². The molecule has 120 valence electrons. The summed E-state index contributed by atoms with van der Waals surface area (Å²) in [6.07, 6.45) is -1.60. The average Bonchev–Trinajstić information content (AvgIpc) is 2.56. The number of hydrogen-bond donors (Lipinski definition) is 2. The molecule has 0 amide bonds. The highest BCUT2D eigenvalue weighted by Gasteiger charge is 2.40. The molecule has 2 rings (SSSR count). The van der Waals surface area contributed by atoms with E-state index < -0.39 is 18.8 Å². The van der Waals surface area contributed by atoms with Crippen molar-refractivity contribution in [2.24, 2.45) is 0 Å². The number of benzene rings is 2. The van der Waals surface area contributed by atoms with Gasteiger partial charge in [-0.2, -0.15) is 5.26 Å². The second kappa shape index (κ2) is 7.10. The van der Waals surface area contributed by atoms with Crippen LogP contribution in [0.5, 0.6) is 0 Å². The monoisotopic (exact) mass is 329 g/mol. The quantitative estimate of drug-likeness (QED) is 0.795. The van der Waals surface area contributed by atoms with Crippen molar-refractivity contribution in [3.8, 4) is 6.07 Å². The molecular weight excluding hydrogens is 309 g/mol. The van der Waals surface area contributed by atoms with Crippen LogP contribution in [-0.4, -0.2) is 28.1 Å². The van der Waals surface area contributed by atoms with Crippen LogP contribution in [-0.2, 0) is 4.57 Å². The van der Waals surface area contributed by atoms with Crippen LogP contribution in [0.1, 0.15) is 13.3 Å². The number of nitrogens with zero attached hydrogens (tertiary/aromatic N) is 1. The number of hydrogen-bond acceptors (Lipinski definition) is 4. The third-order valence-corrected chi connectivity index (χ3v) is 7.24. The lowest BCUT2D eigenvalue weighted by molar-refractivity contribution is -0.0422. The molecule has 0 heterocycles. The Balaban J connectivity index is 2.48. The number of nitriles is 1. The fraction of sp³-hybridized carbons (Fsp3) is 0.278. The molecule has 0 fully saturated rings. The number of aliphatic hydroxyl groups excluding tert-OH is 1. The summed E-state index contributed by atoms with van der Waals surface area (Å²) in [4.78, 5) is 0. The van der Waals surface area contributed by atoms with E-state index in [1.807, 2.05) is 18.2 Å². The van der Waals surface area contributed by atoms with Crippen molar-refractivity contribution in [3.05, 3.63) is 60.7 Å². The highest BCUT2D eigenvalue weighted by atomic mass is 31.2. The Morgan fingerprint density at radius 3 is 1.91 bits per heavy atom. The van der Waals surface area contributed by atoms with Gasteiger partial charge in [0.25, 0.3) is 0 Å². The molecule has 0 aliphatic carbocycles. The molecule has 23 heavy (non-hydrogen) atoms. The van der Waals surface area contributed by atoms with Crippen molar-refractivity contribution < 1.29 is 14.8 Å². The van der Waals surface area contributed by atoms with Crippen LogP contribution in [0.2, 0.25) is 0 Å². The summed E-state index contributed by atoms with van der Waals surface area (Å²) in [7, 11) is -3.14. The lowest BCUT2D eigenvalue weighted by atomic mass is 10.00. The van der Waals surface area contributed by atoms with Crippen molar-refractivity contribution >= 4 is 17.8 Å². The van der Waals surface area contributed by atoms with Crippen molar-refractivity contribution in [2.45, 2.75) is 25.0 Å². The van der Waals surface area contributed by atoms with Crippen LogP contribution >= 0.6 is 7.14 Å². The molecule has 0 spiro atoms. The first-order valence-corrected chi connectivity index (χ1v) is 9.27. The highest BCUT2D eigenvalue weighted by Crippen LogP contribution is 2.46. The molecule has 0 aliphatic heterocycles. The second-order valence-electron chi connectivity index (χ2n) is 5.80. The fourth-order valence-electron chi connectivity index (χ4n) is 2.53. The van der Waals surface area contributed by atoms with E-state index in [-0.39, 0.29) is 12.6 Å². The molecule has 2 aromatic rings. The largest absolute Gasteiger partial charge is 0.389 e. The first kappa shape index (κ1) is 17.4. The predicted molar refractivity (Wildman–Crippen MR) is 91.5 cm³/mol. The van der Waals surface area contributed by atoms with Crippen LogP contribution in [0.15, 0.2) is 60.7 Å². The molecule has 5 heteroatoms. The highest BCUT2D eigenvalue weighted by molar-refractivity contribution is 7.78. The van der Waals surface area contributed by atoms with Gasteiger partial charge in [0.05, 0.1) is 24.2 Å². The van der Waals surface area contributed by atoms with E-state index >= 15 is 0 Å². The summed E-state index contributed by atoms with van der Waals surface area (Å²) in [5.41, 5.74) is -1.63. The molecule has 0 saturated heterocycles. The van der Waals surface area contributed by atoms with E-state index in [1.54, 1.807) is 48.5 Å². The van der Waals surface area contributed by atoms with Gasteiger partial charge in [-0.25, -0.2) is 0 Å². The molecule has 2 N–H and O–H groups in total. The molecule has 0 aromatic heterocycles. The Morgan fingerprint density at radius 1 is 1.09 bits per heavy atom. The van der Waals surface area contributed by atoms with Gasteiger partial charge < -0.3 is 14.8 Å². The van der Waals surface area contributed by atoms with Gasteiger partial charge in [-0.3, -0.25) is 0 Å². The first-order chi connectivity index (χ1) is 10.9. The molecule has 0 saturated carbocycles. The fourth-order valence-corrected chi connectivity index (χ4v) is 5.61.